The fourth-order valence-corrected chi connectivity index (χ4v) is 3.93. The highest BCUT2D eigenvalue weighted by Crippen LogP contribution is 2.51. The number of alkyl halides is 6. The van der Waals surface area contributed by atoms with Crippen LogP contribution in [0.1, 0.15) is 36.6 Å². The maximum absolute atomic E-state index is 13.7. The number of aliphatic hydroxyl groups excluding tert-OH is 2. The average Bonchev–Trinajstić information content (AvgIpc) is 3.11. The fraction of sp³-hybridized carbons (Fsp3) is 0.429. The molecule has 0 spiro atoms. The van der Waals surface area contributed by atoms with Crippen LogP contribution < -0.4 is 10.1 Å². The zero-order valence-corrected chi connectivity index (χ0v) is 18.6. The molecule has 4 atom stereocenters. The Balaban J connectivity index is 1.89. The summed E-state index contributed by atoms with van der Waals surface area (Å²) < 4.78 is 87.5. The van der Waals surface area contributed by atoms with Gasteiger partial charge in [0, 0.05) is 10.9 Å². The Morgan fingerprint density at radius 3 is 2.49 bits per heavy atom. The molecule has 0 radical (unpaired) electrons. The number of nitrogens with one attached hydrogen (secondary N) is 1. The predicted molar refractivity (Wildman–Crippen MR) is 110 cm³/mol. The number of carbonyl (C=O) groups excluding carboxylic acids is 1. The van der Waals surface area contributed by atoms with E-state index in [1.54, 1.807) is 0 Å². The van der Waals surface area contributed by atoms with Crippen molar-refractivity contribution in [2.45, 2.75) is 49.6 Å². The molecule has 1 aliphatic heterocycles. The second-order valence-corrected chi connectivity index (χ2v) is 8.38. The van der Waals surface area contributed by atoms with Gasteiger partial charge in [-0.2, -0.15) is 13.2 Å². The minimum atomic E-state index is -5.00. The summed E-state index contributed by atoms with van der Waals surface area (Å²) in [7, 11) is 0. The van der Waals surface area contributed by atoms with Gasteiger partial charge in [-0.3, -0.25) is 9.78 Å². The molecule has 3 rings (SSSR count). The molecule has 0 bridgehead atoms. The molecule has 7 nitrogen and oxygen atoms in total. The van der Waals surface area contributed by atoms with Gasteiger partial charge in [-0.15, -0.1) is 13.2 Å². The maximum Gasteiger partial charge on any atom is 0.573 e. The van der Waals surface area contributed by atoms with Crippen LogP contribution in [-0.2, 0) is 9.53 Å². The van der Waals surface area contributed by atoms with Gasteiger partial charge >= 0.3 is 12.5 Å². The second kappa shape index (κ2) is 9.80. The van der Waals surface area contributed by atoms with Gasteiger partial charge in [0.15, 0.2) is 5.60 Å². The number of anilines is 1. The Morgan fingerprint density at radius 1 is 1.29 bits per heavy atom. The van der Waals surface area contributed by atoms with Crippen molar-refractivity contribution in [3.8, 4) is 5.75 Å². The maximum atomic E-state index is 13.7. The lowest BCUT2D eigenvalue weighted by atomic mass is 9.86. The van der Waals surface area contributed by atoms with Crippen molar-refractivity contribution in [1.29, 1.82) is 0 Å². The van der Waals surface area contributed by atoms with E-state index in [0.29, 0.717) is 0 Å². The van der Waals surface area contributed by atoms with E-state index in [4.69, 9.17) is 21.4 Å². The SMILES string of the molecule is C[C@@]1(C(F)(F)F)C[C@@H](c2ccc(OC(F)(F)F)cc2Cl)[C@H](C(=O)Nc2ccc([C@@H](O)CO)nc2)O1. The summed E-state index contributed by atoms with van der Waals surface area (Å²) in [6.07, 6.45) is -12.5. The minimum absolute atomic E-state index is 0.0335. The summed E-state index contributed by atoms with van der Waals surface area (Å²) in [4.78, 5) is 16.8. The Hall–Kier alpha value is -2.61. The van der Waals surface area contributed by atoms with Crippen LogP contribution in [-0.4, -0.2) is 52.0 Å². The topological polar surface area (TPSA) is 101 Å². The highest BCUT2D eigenvalue weighted by atomic mass is 35.5. The van der Waals surface area contributed by atoms with Crippen LogP contribution in [0.25, 0.3) is 0 Å². The minimum Gasteiger partial charge on any atom is -0.406 e. The number of rotatable bonds is 6. The van der Waals surface area contributed by atoms with E-state index in [9.17, 15) is 36.2 Å². The number of ether oxygens (including phenoxy) is 2. The van der Waals surface area contributed by atoms with Crippen molar-refractivity contribution < 1.29 is 50.8 Å². The molecule has 0 aliphatic carbocycles. The van der Waals surface area contributed by atoms with Crippen LogP contribution in [0.4, 0.5) is 32.0 Å². The third-order valence-corrected chi connectivity index (χ3v) is 5.72. The number of aliphatic hydroxyl groups is 2. The predicted octanol–water partition coefficient (Wildman–Crippen LogP) is 4.49. The summed E-state index contributed by atoms with van der Waals surface area (Å²) in [5, 5.41) is 20.5. The van der Waals surface area contributed by atoms with E-state index < -0.39 is 60.9 Å². The van der Waals surface area contributed by atoms with Gasteiger partial charge in [-0.25, -0.2) is 0 Å². The first kappa shape index (κ1) is 27.0. The van der Waals surface area contributed by atoms with Crippen molar-refractivity contribution in [3.63, 3.8) is 0 Å². The Labute approximate surface area is 199 Å². The Kier molecular flexibility index (Phi) is 7.56. The van der Waals surface area contributed by atoms with E-state index >= 15 is 0 Å². The van der Waals surface area contributed by atoms with Crippen molar-refractivity contribution in [2.75, 3.05) is 11.9 Å². The molecule has 1 aliphatic rings. The summed E-state index contributed by atoms with van der Waals surface area (Å²) in [5.74, 6) is -2.93. The molecule has 0 unspecified atom stereocenters. The molecule has 1 fully saturated rings. The van der Waals surface area contributed by atoms with Crippen molar-refractivity contribution in [1.82, 2.24) is 4.98 Å². The van der Waals surface area contributed by atoms with Gasteiger partial charge in [0.1, 0.15) is 18.0 Å². The second-order valence-electron chi connectivity index (χ2n) is 7.97. The molecule has 2 heterocycles. The van der Waals surface area contributed by atoms with Gasteiger partial charge in [0.25, 0.3) is 5.91 Å². The Morgan fingerprint density at radius 2 is 1.97 bits per heavy atom. The van der Waals surface area contributed by atoms with Crippen LogP contribution in [0.15, 0.2) is 36.5 Å². The molecule has 0 saturated carbocycles. The van der Waals surface area contributed by atoms with Crippen LogP contribution in [0.3, 0.4) is 0 Å². The number of hydrogen-bond acceptors (Lipinski definition) is 6. The van der Waals surface area contributed by atoms with Gasteiger partial charge in [0.05, 0.1) is 24.2 Å². The van der Waals surface area contributed by atoms with Crippen LogP contribution in [0.2, 0.25) is 5.02 Å². The molecule has 1 saturated heterocycles. The zero-order valence-electron chi connectivity index (χ0n) is 17.8. The molecule has 192 valence electrons. The quantitative estimate of drug-likeness (QED) is 0.478. The lowest BCUT2D eigenvalue weighted by Crippen LogP contribution is -2.43. The number of carbonyl (C=O) groups is 1. The first-order chi connectivity index (χ1) is 16.1. The number of hydrogen-bond donors (Lipinski definition) is 3. The smallest absolute Gasteiger partial charge is 0.406 e. The van der Waals surface area contributed by atoms with Gasteiger partial charge in [0.2, 0.25) is 0 Å². The van der Waals surface area contributed by atoms with Crippen LogP contribution >= 0.6 is 11.6 Å². The van der Waals surface area contributed by atoms with E-state index in [2.05, 4.69) is 15.0 Å². The number of amides is 1. The zero-order chi connectivity index (χ0) is 26.2. The van der Waals surface area contributed by atoms with Gasteiger partial charge in [-0.1, -0.05) is 17.7 Å². The van der Waals surface area contributed by atoms with Gasteiger partial charge < -0.3 is 25.0 Å². The number of aromatic nitrogens is 1. The number of nitrogens with zero attached hydrogens (tertiary/aromatic N) is 1. The third-order valence-electron chi connectivity index (χ3n) is 5.39. The molecule has 14 heteroatoms. The highest BCUT2D eigenvalue weighted by Gasteiger charge is 2.61. The molecule has 1 aromatic carbocycles. The molecular weight excluding hydrogens is 510 g/mol. The lowest BCUT2D eigenvalue weighted by Gasteiger charge is -2.27. The molecule has 3 N–H and O–H groups in total. The largest absolute Gasteiger partial charge is 0.573 e. The standard InChI is InChI=1S/C21H19ClF6N2O5/c1-19(20(23,24)25)7-13(12-4-3-11(6-14(12)22)34-21(26,27)28)17(35-19)18(33)30-10-2-5-15(29-8-10)16(32)9-31/h2-6,8,13,16-17,31-32H,7,9H2,1H3,(H,30,33)/t13-,16-,17+,19-/m0/s1. The normalized spacial score (nSPS) is 23.7. The van der Waals surface area contributed by atoms with E-state index in [-0.39, 0.29) is 22.0 Å². The highest BCUT2D eigenvalue weighted by molar-refractivity contribution is 6.31. The first-order valence-electron chi connectivity index (χ1n) is 9.99. The number of halogens is 7. The van der Waals surface area contributed by atoms with Crippen molar-refractivity contribution in [3.05, 3.63) is 52.8 Å². The molecule has 1 aromatic heterocycles. The lowest BCUT2D eigenvalue weighted by molar-refractivity contribution is -0.274. The van der Waals surface area contributed by atoms with Crippen molar-refractivity contribution in [2.24, 2.45) is 0 Å². The first-order valence-corrected chi connectivity index (χ1v) is 10.4. The fourth-order valence-electron chi connectivity index (χ4n) is 3.62. The number of benzene rings is 1. The average molecular weight is 529 g/mol. The molecule has 35 heavy (non-hydrogen) atoms. The van der Waals surface area contributed by atoms with Crippen LogP contribution in [0, 0.1) is 0 Å². The number of pyridine rings is 1. The van der Waals surface area contributed by atoms with E-state index in [1.165, 1.54) is 12.1 Å². The van der Waals surface area contributed by atoms with Gasteiger partial charge in [-0.05, 0) is 43.2 Å². The molecule has 1 amide bonds. The molecule has 2 aromatic rings. The summed E-state index contributed by atoms with van der Waals surface area (Å²) in [6.45, 7) is 0.162. The summed E-state index contributed by atoms with van der Waals surface area (Å²) in [6, 6.07) is 5.31. The molecular formula is C21H19ClF6N2O5. The van der Waals surface area contributed by atoms with E-state index in [1.807, 2.05) is 0 Å². The van der Waals surface area contributed by atoms with E-state index in [0.717, 1.165) is 31.3 Å². The summed E-state index contributed by atoms with van der Waals surface area (Å²) >= 11 is 6.07. The monoisotopic (exact) mass is 528 g/mol. The third kappa shape index (κ3) is 6.15. The van der Waals surface area contributed by atoms with Crippen molar-refractivity contribution >= 4 is 23.2 Å². The summed E-state index contributed by atoms with van der Waals surface area (Å²) in [5.41, 5.74) is -2.61. The Bertz CT molecular complexity index is 1070. The van der Waals surface area contributed by atoms with Crippen LogP contribution in [0.5, 0.6) is 5.75 Å².